The largest absolute Gasteiger partial charge is 0.335 e. The van der Waals surface area contributed by atoms with Crippen molar-refractivity contribution < 1.29 is 4.79 Å². The van der Waals surface area contributed by atoms with Gasteiger partial charge in [0.15, 0.2) is 0 Å². The van der Waals surface area contributed by atoms with Gasteiger partial charge in [0.1, 0.15) is 0 Å². The van der Waals surface area contributed by atoms with Crippen molar-refractivity contribution in [3.8, 4) is 0 Å². The second-order valence-corrected chi connectivity index (χ2v) is 4.32. The molecule has 0 spiro atoms. The Morgan fingerprint density at radius 1 is 1.38 bits per heavy atom. The van der Waals surface area contributed by atoms with Crippen LogP contribution in [-0.2, 0) is 0 Å². The van der Waals surface area contributed by atoms with Crippen molar-refractivity contribution in [1.29, 1.82) is 0 Å². The molecule has 2 amide bonds. The molecule has 0 heterocycles. The van der Waals surface area contributed by atoms with E-state index in [-0.39, 0.29) is 6.03 Å². The van der Waals surface area contributed by atoms with Crippen LogP contribution in [0.2, 0.25) is 0 Å². The van der Waals surface area contributed by atoms with Crippen LogP contribution < -0.4 is 5.32 Å². The number of hydrogen-bond acceptors (Lipinski definition) is 1. The summed E-state index contributed by atoms with van der Waals surface area (Å²) < 4.78 is 0. The highest BCUT2D eigenvalue weighted by molar-refractivity contribution is 5.74. The Bertz CT molecular complexity index is 187. The number of carbonyl (C=O) groups excluding carboxylic acids is 1. The summed E-state index contributed by atoms with van der Waals surface area (Å²) >= 11 is 0. The van der Waals surface area contributed by atoms with Gasteiger partial charge in [-0.25, -0.2) is 4.79 Å². The summed E-state index contributed by atoms with van der Waals surface area (Å²) in [6, 6.07) is 0.830. The minimum atomic E-state index is 0.0729. The van der Waals surface area contributed by atoms with Crippen molar-refractivity contribution in [2.75, 3.05) is 7.05 Å². The monoisotopic (exact) mass is 184 g/mol. The number of amides is 2. The zero-order chi connectivity index (χ0) is 10.0. The maximum absolute atomic E-state index is 11.6. The lowest BCUT2D eigenvalue weighted by atomic mass is 10.1. The number of hydrogen-bond donors (Lipinski definition) is 1. The van der Waals surface area contributed by atoms with Gasteiger partial charge in [0, 0.05) is 19.1 Å². The fourth-order valence-corrected chi connectivity index (χ4v) is 1.14. The summed E-state index contributed by atoms with van der Waals surface area (Å²) in [4.78, 5) is 13.3. The first-order valence-electron chi connectivity index (χ1n) is 5.05. The fraction of sp³-hybridized carbons (Fsp3) is 0.900. The highest BCUT2D eigenvalue weighted by Gasteiger charge is 2.26. The zero-order valence-electron chi connectivity index (χ0n) is 9.00. The lowest BCUT2D eigenvalue weighted by molar-refractivity contribution is 0.179. The zero-order valence-corrected chi connectivity index (χ0v) is 9.00. The molecular formula is C10H20N2O. The SMILES string of the molecule is CC(C)C(C)N(C)C(=O)NC1CC1. The van der Waals surface area contributed by atoms with E-state index in [9.17, 15) is 4.79 Å². The quantitative estimate of drug-likeness (QED) is 0.713. The molecular weight excluding hydrogens is 164 g/mol. The van der Waals surface area contributed by atoms with E-state index in [4.69, 9.17) is 0 Å². The van der Waals surface area contributed by atoms with Crippen molar-refractivity contribution in [2.45, 2.75) is 45.7 Å². The first-order chi connectivity index (χ1) is 6.02. The van der Waals surface area contributed by atoms with E-state index in [0.717, 1.165) is 12.8 Å². The topological polar surface area (TPSA) is 32.3 Å². The second kappa shape index (κ2) is 3.99. The molecule has 0 bridgehead atoms. The van der Waals surface area contributed by atoms with Gasteiger partial charge in [-0.15, -0.1) is 0 Å². The van der Waals surface area contributed by atoms with E-state index in [2.05, 4.69) is 26.1 Å². The van der Waals surface area contributed by atoms with Crippen LogP contribution in [0.15, 0.2) is 0 Å². The van der Waals surface area contributed by atoms with Gasteiger partial charge in [-0.2, -0.15) is 0 Å². The Kier molecular flexibility index (Phi) is 3.17. The molecule has 1 N–H and O–H groups in total. The molecule has 0 aliphatic heterocycles. The average molecular weight is 184 g/mol. The molecule has 1 fully saturated rings. The molecule has 1 atom stereocenters. The Balaban J connectivity index is 2.35. The standard InChI is InChI=1S/C10H20N2O/c1-7(2)8(3)12(4)10(13)11-9-5-6-9/h7-9H,5-6H2,1-4H3,(H,11,13). The molecule has 1 rings (SSSR count). The van der Waals surface area contributed by atoms with E-state index in [1.165, 1.54) is 0 Å². The van der Waals surface area contributed by atoms with Crippen LogP contribution in [0.4, 0.5) is 4.79 Å². The fourth-order valence-electron chi connectivity index (χ4n) is 1.14. The van der Waals surface area contributed by atoms with Crippen molar-refractivity contribution >= 4 is 6.03 Å². The van der Waals surface area contributed by atoms with Crippen LogP contribution in [0, 0.1) is 5.92 Å². The molecule has 0 saturated heterocycles. The van der Waals surface area contributed by atoms with E-state index < -0.39 is 0 Å². The molecule has 1 aliphatic carbocycles. The van der Waals surface area contributed by atoms with E-state index in [1.807, 2.05) is 7.05 Å². The molecule has 0 aromatic rings. The Morgan fingerprint density at radius 3 is 2.31 bits per heavy atom. The number of nitrogens with one attached hydrogen (secondary N) is 1. The number of carbonyl (C=O) groups is 1. The number of urea groups is 1. The molecule has 13 heavy (non-hydrogen) atoms. The van der Waals surface area contributed by atoms with Crippen LogP contribution in [0.25, 0.3) is 0 Å². The number of nitrogens with zero attached hydrogens (tertiary/aromatic N) is 1. The van der Waals surface area contributed by atoms with Crippen LogP contribution in [-0.4, -0.2) is 30.1 Å². The predicted molar refractivity (Wildman–Crippen MR) is 53.6 cm³/mol. The minimum Gasteiger partial charge on any atom is -0.335 e. The van der Waals surface area contributed by atoms with Crippen LogP contribution in [0.5, 0.6) is 0 Å². The van der Waals surface area contributed by atoms with Gasteiger partial charge < -0.3 is 10.2 Å². The summed E-state index contributed by atoms with van der Waals surface area (Å²) in [5, 5.41) is 2.98. The van der Waals surface area contributed by atoms with Gasteiger partial charge in [-0.1, -0.05) is 13.8 Å². The highest BCUT2D eigenvalue weighted by atomic mass is 16.2. The van der Waals surface area contributed by atoms with Crippen molar-refractivity contribution in [1.82, 2.24) is 10.2 Å². The summed E-state index contributed by atoms with van der Waals surface area (Å²) in [5.74, 6) is 0.509. The molecule has 3 nitrogen and oxygen atoms in total. The van der Waals surface area contributed by atoms with Gasteiger partial charge in [0.2, 0.25) is 0 Å². The van der Waals surface area contributed by atoms with Crippen LogP contribution in [0.1, 0.15) is 33.6 Å². The van der Waals surface area contributed by atoms with Crippen molar-refractivity contribution in [2.24, 2.45) is 5.92 Å². The van der Waals surface area contributed by atoms with Gasteiger partial charge in [0.05, 0.1) is 0 Å². The molecule has 0 radical (unpaired) electrons. The summed E-state index contributed by atoms with van der Waals surface area (Å²) in [6.45, 7) is 6.34. The van der Waals surface area contributed by atoms with E-state index in [0.29, 0.717) is 18.0 Å². The van der Waals surface area contributed by atoms with Gasteiger partial charge in [-0.05, 0) is 25.7 Å². The van der Waals surface area contributed by atoms with Crippen molar-refractivity contribution in [3.05, 3.63) is 0 Å². The van der Waals surface area contributed by atoms with Gasteiger partial charge in [0.25, 0.3) is 0 Å². The second-order valence-electron chi connectivity index (χ2n) is 4.32. The van der Waals surface area contributed by atoms with E-state index in [1.54, 1.807) is 4.90 Å². The number of rotatable bonds is 3. The smallest absolute Gasteiger partial charge is 0.317 e. The Hall–Kier alpha value is -0.730. The van der Waals surface area contributed by atoms with E-state index >= 15 is 0 Å². The molecule has 3 heteroatoms. The third kappa shape index (κ3) is 2.90. The third-order valence-electron chi connectivity index (χ3n) is 2.80. The normalized spacial score (nSPS) is 18.5. The summed E-state index contributed by atoms with van der Waals surface area (Å²) in [7, 11) is 1.86. The molecule has 0 aromatic carbocycles. The molecule has 1 saturated carbocycles. The molecule has 76 valence electrons. The maximum Gasteiger partial charge on any atom is 0.317 e. The van der Waals surface area contributed by atoms with Crippen molar-refractivity contribution in [3.63, 3.8) is 0 Å². The molecule has 0 aromatic heterocycles. The van der Waals surface area contributed by atoms with Crippen LogP contribution >= 0.6 is 0 Å². The highest BCUT2D eigenvalue weighted by Crippen LogP contribution is 2.19. The maximum atomic E-state index is 11.6. The third-order valence-corrected chi connectivity index (χ3v) is 2.80. The lowest BCUT2D eigenvalue weighted by Crippen LogP contribution is -2.45. The molecule has 1 aliphatic rings. The van der Waals surface area contributed by atoms with Gasteiger partial charge in [-0.3, -0.25) is 0 Å². The molecule has 1 unspecified atom stereocenters. The minimum absolute atomic E-state index is 0.0729. The summed E-state index contributed by atoms with van der Waals surface area (Å²) in [6.07, 6.45) is 2.30. The Labute approximate surface area is 80.5 Å². The Morgan fingerprint density at radius 2 is 1.92 bits per heavy atom. The van der Waals surface area contributed by atoms with Crippen LogP contribution in [0.3, 0.4) is 0 Å². The predicted octanol–water partition coefficient (Wildman–Crippen LogP) is 1.83. The first kappa shape index (κ1) is 10.4. The average Bonchev–Trinajstić information content (AvgIpc) is 2.85. The lowest BCUT2D eigenvalue weighted by Gasteiger charge is -2.28. The van der Waals surface area contributed by atoms with Gasteiger partial charge >= 0.3 is 6.03 Å². The summed E-state index contributed by atoms with van der Waals surface area (Å²) in [5.41, 5.74) is 0. The first-order valence-corrected chi connectivity index (χ1v) is 5.05.